The number of rotatable bonds is 4. The Bertz CT molecular complexity index is 1250. The second-order valence-electron chi connectivity index (χ2n) is 10.1. The van der Waals surface area contributed by atoms with Gasteiger partial charge in [-0.1, -0.05) is 6.07 Å². The molecule has 1 aliphatic heterocycles. The molecular weight excluding hydrogens is 470 g/mol. The van der Waals surface area contributed by atoms with Crippen molar-refractivity contribution in [2.45, 2.75) is 37.5 Å². The molecule has 0 aromatic heterocycles. The first-order valence-electron chi connectivity index (χ1n) is 11.8. The first-order chi connectivity index (χ1) is 17.0. The molecule has 6 N–H and O–H groups in total. The van der Waals surface area contributed by atoms with Crippen LogP contribution in [0.2, 0.25) is 0 Å². The highest BCUT2D eigenvalue weighted by molar-refractivity contribution is 6.24. The minimum Gasteiger partial charge on any atom is -0.508 e. The molecule has 1 aromatic rings. The maximum absolute atomic E-state index is 13.8. The number of carbonyl (C=O) groups excluding carboxylic acids is 3. The molecule has 11 nitrogen and oxygen atoms in total. The van der Waals surface area contributed by atoms with E-state index in [-0.39, 0.29) is 29.7 Å². The second-order valence-corrected chi connectivity index (χ2v) is 10.1. The molecule has 1 aromatic carbocycles. The van der Waals surface area contributed by atoms with E-state index >= 15 is 0 Å². The van der Waals surface area contributed by atoms with Crippen molar-refractivity contribution in [2.75, 3.05) is 27.2 Å². The van der Waals surface area contributed by atoms with Crippen molar-refractivity contribution >= 4 is 23.2 Å². The molecule has 0 spiro atoms. The number of primary amides is 1. The predicted octanol–water partition coefficient (Wildman–Crippen LogP) is 0.101. The lowest BCUT2D eigenvalue weighted by Gasteiger charge is -2.50. The number of Topliss-reactive ketones (excluding diaryl/α,β-unsaturated/α-hetero) is 2. The molecule has 5 rings (SSSR count). The van der Waals surface area contributed by atoms with E-state index in [1.54, 1.807) is 25.2 Å². The number of likely N-dealkylation sites (N-methyl/N-ethyl adjacent to an activating group) is 1. The molecule has 4 aliphatic rings. The third-order valence-corrected chi connectivity index (χ3v) is 7.87. The molecule has 3 aliphatic carbocycles. The number of nitrogens with zero attached hydrogens (tertiary/aromatic N) is 2. The smallest absolute Gasteiger partial charge is 0.255 e. The van der Waals surface area contributed by atoms with Gasteiger partial charge in [0.2, 0.25) is 5.78 Å². The molecule has 1 saturated carbocycles. The van der Waals surface area contributed by atoms with Crippen LogP contribution in [0.3, 0.4) is 0 Å². The Labute approximate surface area is 207 Å². The van der Waals surface area contributed by atoms with Gasteiger partial charge >= 0.3 is 0 Å². The van der Waals surface area contributed by atoms with E-state index in [1.807, 2.05) is 0 Å². The van der Waals surface area contributed by atoms with Crippen LogP contribution in [0.25, 0.3) is 5.76 Å². The first kappa shape index (κ1) is 24.4. The predicted molar refractivity (Wildman–Crippen MR) is 125 cm³/mol. The lowest BCUT2D eigenvalue weighted by atomic mass is 9.57. The molecule has 2 fully saturated rings. The average molecular weight is 500 g/mol. The van der Waals surface area contributed by atoms with E-state index in [4.69, 9.17) is 10.6 Å². The molecule has 36 heavy (non-hydrogen) atoms. The number of nitrogens with two attached hydrogens (primary N) is 1. The van der Waals surface area contributed by atoms with Gasteiger partial charge in [-0.25, -0.2) is 0 Å². The summed E-state index contributed by atoms with van der Waals surface area (Å²) in [6.45, 7) is 1.76. The Hall–Kier alpha value is -3.25. The van der Waals surface area contributed by atoms with Gasteiger partial charge in [-0.2, -0.15) is 5.06 Å². The second kappa shape index (κ2) is 8.41. The number of hydrogen-bond donors (Lipinski definition) is 5. The highest BCUT2D eigenvalue weighted by Crippen LogP contribution is 2.53. The Morgan fingerprint density at radius 2 is 1.97 bits per heavy atom. The third kappa shape index (κ3) is 3.30. The molecule has 0 unspecified atom stereocenters. The number of amides is 1. The number of phenols is 1. The summed E-state index contributed by atoms with van der Waals surface area (Å²) in [6, 6.07) is 2.06. The number of carbonyl (C=O) groups is 3. The summed E-state index contributed by atoms with van der Waals surface area (Å²) in [5.41, 5.74) is 3.26. The standard InChI is InChI=1S/C25H29N3O8/c1-27(2)19-14-9-12-8-13-11(10-28-6-3-7-36-28)4-5-15(29)17(13)20(30)16(12)22(32)25(14,35)23(33)18(21(19)31)24(26)34/h4-5,12,14,19,29-30,33,35H,3,6-10H2,1-2H3,(H2,26,34)/t12-,14-,19+,25-/m0/s1. The lowest BCUT2D eigenvalue weighted by Crippen LogP contribution is -2.65. The van der Waals surface area contributed by atoms with Gasteiger partial charge in [0.1, 0.15) is 22.8 Å². The molecule has 0 radical (unpaired) electrons. The Morgan fingerprint density at radius 3 is 2.58 bits per heavy atom. The minimum absolute atomic E-state index is 0.0566. The van der Waals surface area contributed by atoms with Gasteiger partial charge in [0, 0.05) is 24.6 Å². The van der Waals surface area contributed by atoms with Crippen LogP contribution in [0.1, 0.15) is 29.5 Å². The van der Waals surface area contributed by atoms with Crippen molar-refractivity contribution in [1.29, 1.82) is 0 Å². The van der Waals surface area contributed by atoms with E-state index < -0.39 is 58.0 Å². The summed E-state index contributed by atoms with van der Waals surface area (Å²) in [6.07, 6.45) is 1.20. The van der Waals surface area contributed by atoms with Crippen molar-refractivity contribution in [3.05, 3.63) is 45.7 Å². The van der Waals surface area contributed by atoms with Crippen LogP contribution >= 0.6 is 0 Å². The zero-order chi connectivity index (χ0) is 26.1. The first-order valence-corrected chi connectivity index (χ1v) is 11.8. The summed E-state index contributed by atoms with van der Waals surface area (Å²) in [4.78, 5) is 46.1. The third-order valence-electron chi connectivity index (χ3n) is 7.87. The summed E-state index contributed by atoms with van der Waals surface area (Å²) in [5.74, 6) is -6.57. The van der Waals surface area contributed by atoms with Crippen LogP contribution in [0.15, 0.2) is 29.0 Å². The van der Waals surface area contributed by atoms with Gasteiger partial charge < -0.3 is 26.2 Å². The molecular formula is C25H29N3O8. The quantitative estimate of drug-likeness (QED) is 0.358. The van der Waals surface area contributed by atoms with Gasteiger partial charge in [-0.3, -0.25) is 24.1 Å². The van der Waals surface area contributed by atoms with E-state index in [9.17, 15) is 34.8 Å². The lowest BCUT2D eigenvalue weighted by molar-refractivity contribution is -0.153. The van der Waals surface area contributed by atoms with Gasteiger partial charge in [0.25, 0.3) is 5.91 Å². The zero-order valence-corrected chi connectivity index (χ0v) is 20.0. The highest BCUT2D eigenvalue weighted by Gasteiger charge is 2.64. The number of phenolic OH excluding ortho intramolecular Hbond substituents is 1. The Balaban J connectivity index is 1.67. The molecule has 192 valence electrons. The number of aliphatic hydroxyl groups is 3. The fourth-order valence-corrected chi connectivity index (χ4v) is 6.27. The molecule has 1 heterocycles. The number of aromatic hydroxyl groups is 1. The van der Waals surface area contributed by atoms with Crippen molar-refractivity contribution in [1.82, 2.24) is 9.96 Å². The number of hydrogen-bond acceptors (Lipinski definition) is 10. The van der Waals surface area contributed by atoms with Crippen LogP contribution in [0.5, 0.6) is 5.75 Å². The van der Waals surface area contributed by atoms with Crippen LogP contribution in [-0.2, 0) is 32.2 Å². The minimum atomic E-state index is -2.64. The van der Waals surface area contributed by atoms with Crippen LogP contribution in [0.4, 0.5) is 0 Å². The van der Waals surface area contributed by atoms with Gasteiger partial charge in [-0.15, -0.1) is 0 Å². The van der Waals surface area contributed by atoms with Gasteiger partial charge in [-0.05, 0) is 56.5 Å². The Morgan fingerprint density at radius 1 is 1.25 bits per heavy atom. The number of ketones is 2. The number of aliphatic hydroxyl groups excluding tert-OH is 2. The van der Waals surface area contributed by atoms with Gasteiger partial charge in [0.05, 0.1) is 18.2 Å². The number of fused-ring (bicyclic) bond motifs is 3. The summed E-state index contributed by atoms with van der Waals surface area (Å²) in [5, 5.41) is 46.2. The number of hydroxylamine groups is 2. The van der Waals surface area contributed by atoms with Gasteiger partial charge in [0.15, 0.2) is 11.4 Å². The summed E-state index contributed by atoms with van der Waals surface area (Å²) in [7, 11) is 3.14. The summed E-state index contributed by atoms with van der Waals surface area (Å²) >= 11 is 0. The maximum atomic E-state index is 13.8. The fourth-order valence-electron chi connectivity index (χ4n) is 6.27. The maximum Gasteiger partial charge on any atom is 0.255 e. The van der Waals surface area contributed by atoms with Crippen molar-refractivity contribution in [3.8, 4) is 5.75 Å². The van der Waals surface area contributed by atoms with Crippen molar-refractivity contribution in [2.24, 2.45) is 17.6 Å². The van der Waals surface area contributed by atoms with Crippen LogP contribution in [0, 0.1) is 11.8 Å². The number of benzene rings is 1. The molecule has 11 heteroatoms. The molecule has 4 atom stereocenters. The van der Waals surface area contributed by atoms with E-state index in [0.717, 1.165) is 18.5 Å². The fraction of sp³-hybridized carbons (Fsp3) is 0.480. The monoisotopic (exact) mass is 499 g/mol. The van der Waals surface area contributed by atoms with E-state index in [0.29, 0.717) is 18.7 Å². The van der Waals surface area contributed by atoms with Crippen LogP contribution < -0.4 is 5.73 Å². The van der Waals surface area contributed by atoms with E-state index in [2.05, 4.69) is 0 Å². The molecule has 1 amide bonds. The van der Waals surface area contributed by atoms with Crippen molar-refractivity contribution < 1.29 is 39.6 Å². The Kier molecular flexibility index (Phi) is 5.71. The average Bonchev–Trinajstić information content (AvgIpc) is 3.31. The van der Waals surface area contributed by atoms with E-state index in [1.165, 1.54) is 11.0 Å². The van der Waals surface area contributed by atoms with Crippen LogP contribution in [-0.4, -0.2) is 86.8 Å². The molecule has 1 saturated heterocycles. The molecule has 0 bridgehead atoms. The topological polar surface area (TPSA) is 174 Å². The summed E-state index contributed by atoms with van der Waals surface area (Å²) < 4.78 is 0. The normalized spacial score (nSPS) is 30.5. The SMILES string of the molecule is CN(C)[C@H]1C(=O)C(C(N)=O)=C(O)[C@@]2(O)C(=O)C3=C(O)c4c(O)ccc(CN5CCCO5)c4C[C@H]3C[C@@H]12. The van der Waals surface area contributed by atoms with Crippen molar-refractivity contribution in [3.63, 3.8) is 0 Å². The zero-order valence-electron chi connectivity index (χ0n) is 20.0. The highest BCUT2D eigenvalue weighted by atomic mass is 16.7. The largest absolute Gasteiger partial charge is 0.508 e.